The molecule has 0 unspecified atom stereocenters. The first kappa shape index (κ1) is 10.3. The van der Waals surface area contributed by atoms with Gasteiger partial charge in [-0.15, -0.1) is 5.10 Å². The van der Waals surface area contributed by atoms with Crippen LogP contribution in [0.5, 0.6) is 0 Å². The van der Waals surface area contributed by atoms with Crippen LogP contribution in [0.2, 0.25) is 0 Å². The van der Waals surface area contributed by atoms with Crippen molar-refractivity contribution in [1.82, 2.24) is 15.4 Å². The molecule has 0 saturated carbocycles. The van der Waals surface area contributed by atoms with E-state index in [9.17, 15) is 9.59 Å². The summed E-state index contributed by atoms with van der Waals surface area (Å²) in [7, 11) is 0. The summed E-state index contributed by atoms with van der Waals surface area (Å²) in [6.07, 6.45) is 1.53. The van der Waals surface area contributed by atoms with Gasteiger partial charge in [-0.05, 0) is 12.1 Å². The minimum Gasteiger partial charge on any atom is -0.476 e. The van der Waals surface area contributed by atoms with Crippen molar-refractivity contribution in [3.8, 4) is 11.3 Å². The Bertz CT molecular complexity index is 796. The molecule has 7 heteroatoms. The molecule has 88 valence electrons. The molecule has 0 aromatic carbocycles. The second kappa shape index (κ2) is 3.59. The molecule has 0 amide bonds. The SMILES string of the molecule is O=C(O)c1nnoc2c3cccnc3cc(=O)c1-2. The lowest BCUT2D eigenvalue weighted by molar-refractivity contribution is 0.0686. The Morgan fingerprint density at radius 3 is 3.00 bits per heavy atom. The quantitative estimate of drug-likeness (QED) is 0.629. The van der Waals surface area contributed by atoms with E-state index in [1.165, 1.54) is 12.3 Å². The molecule has 3 rings (SSSR count). The Morgan fingerprint density at radius 1 is 1.39 bits per heavy atom. The van der Waals surface area contributed by atoms with Crippen LogP contribution in [0.4, 0.5) is 0 Å². The van der Waals surface area contributed by atoms with Crippen LogP contribution in [-0.4, -0.2) is 26.4 Å². The number of carboxylic acids is 1. The molecule has 1 aliphatic carbocycles. The third-order valence-corrected chi connectivity index (χ3v) is 2.54. The standard InChI is InChI=1S/C11H5N3O4/c15-7-4-6-5(2-1-3-12-6)10-8(7)9(11(16)17)13-14-18-10/h1-4H,(H,16,17). The molecule has 7 nitrogen and oxygen atoms in total. The average molecular weight is 243 g/mol. The summed E-state index contributed by atoms with van der Waals surface area (Å²) in [5, 5.41) is 16.1. The normalized spacial score (nSPS) is 10.9. The number of aromatic nitrogens is 3. The molecule has 1 aliphatic heterocycles. The molecule has 0 saturated heterocycles. The molecule has 18 heavy (non-hydrogen) atoms. The molecule has 0 radical (unpaired) electrons. The fourth-order valence-corrected chi connectivity index (χ4v) is 1.79. The Kier molecular flexibility index (Phi) is 2.06. The third kappa shape index (κ3) is 1.34. The van der Waals surface area contributed by atoms with E-state index in [1.807, 2.05) is 0 Å². The van der Waals surface area contributed by atoms with Crippen LogP contribution < -0.4 is 5.43 Å². The number of hydrogen-bond donors (Lipinski definition) is 1. The molecule has 1 aromatic rings. The number of rotatable bonds is 1. The molecular weight excluding hydrogens is 238 g/mol. The second-order valence-corrected chi connectivity index (χ2v) is 3.58. The Labute approximate surface area is 99.0 Å². The van der Waals surface area contributed by atoms with Gasteiger partial charge in [0, 0.05) is 22.9 Å². The van der Waals surface area contributed by atoms with Crippen molar-refractivity contribution in [3.05, 3.63) is 40.3 Å². The van der Waals surface area contributed by atoms with E-state index in [-0.39, 0.29) is 11.3 Å². The van der Waals surface area contributed by atoms with Gasteiger partial charge in [0.2, 0.25) is 0 Å². The van der Waals surface area contributed by atoms with E-state index < -0.39 is 17.1 Å². The molecule has 0 spiro atoms. The summed E-state index contributed by atoms with van der Waals surface area (Å²) in [4.78, 5) is 26.9. The molecule has 0 bridgehead atoms. The van der Waals surface area contributed by atoms with Gasteiger partial charge in [-0.1, -0.05) is 0 Å². The zero-order valence-electron chi connectivity index (χ0n) is 8.82. The first-order valence-corrected chi connectivity index (χ1v) is 4.96. The molecule has 1 N–H and O–H groups in total. The highest BCUT2D eigenvalue weighted by molar-refractivity contribution is 6.00. The first-order chi connectivity index (χ1) is 8.68. The number of carboxylic acid groups (broad SMARTS) is 1. The van der Waals surface area contributed by atoms with Crippen molar-refractivity contribution in [2.75, 3.05) is 0 Å². The van der Waals surface area contributed by atoms with Crippen molar-refractivity contribution in [3.63, 3.8) is 0 Å². The lowest BCUT2D eigenvalue weighted by Gasteiger charge is -2.06. The fourth-order valence-electron chi connectivity index (χ4n) is 1.79. The summed E-state index contributed by atoms with van der Waals surface area (Å²) < 4.78 is 4.93. The van der Waals surface area contributed by atoms with Gasteiger partial charge >= 0.3 is 5.97 Å². The van der Waals surface area contributed by atoms with Gasteiger partial charge in [0.1, 0.15) is 5.56 Å². The van der Waals surface area contributed by atoms with Gasteiger partial charge < -0.3 is 9.63 Å². The lowest BCUT2D eigenvalue weighted by atomic mass is 10.0. The fraction of sp³-hybridized carbons (Fsp3) is 0. The number of carbonyl (C=O) groups is 1. The highest BCUT2D eigenvalue weighted by Crippen LogP contribution is 2.27. The van der Waals surface area contributed by atoms with Gasteiger partial charge in [0.15, 0.2) is 16.9 Å². The van der Waals surface area contributed by atoms with E-state index in [0.29, 0.717) is 10.9 Å². The number of fused-ring (bicyclic) bond motifs is 3. The van der Waals surface area contributed by atoms with Crippen LogP contribution in [0.15, 0.2) is 33.7 Å². The zero-order chi connectivity index (χ0) is 12.7. The van der Waals surface area contributed by atoms with Gasteiger partial charge in [0.05, 0.1) is 5.52 Å². The van der Waals surface area contributed by atoms with Crippen LogP contribution >= 0.6 is 0 Å². The highest BCUT2D eigenvalue weighted by Gasteiger charge is 2.24. The summed E-state index contributed by atoms with van der Waals surface area (Å²) in [5.41, 5.74) is -0.611. The molecule has 0 atom stereocenters. The van der Waals surface area contributed by atoms with E-state index in [2.05, 4.69) is 15.4 Å². The van der Waals surface area contributed by atoms with Gasteiger partial charge in [0.25, 0.3) is 0 Å². The number of aromatic carboxylic acids is 1. The van der Waals surface area contributed by atoms with Crippen LogP contribution in [0.25, 0.3) is 22.2 Å². The molecule has 2 heterocycles. The van der Waals surface area contributed by atoms with Gasteiger partial charge in [-0.25, -0.2) is 4.79 Å². The van der Waals surface area contributed by atoms with E-state index in [4.69, 9.17) is 9.63 Å². The molecule has 0 fully saturated rings. The monoisotopic (exact) mass is 243 g/mol. The smallest absolute Gasteiger partial charge is 0.357 e. The third-order valence-electron chi connectivity index (χ3n) is 2.54. The van der Waals surface area contributed by atoms with Crippen molar-refractivity contribution >= 4 is 16.9 Å². The predicted octanol–water partition coefficient (Wildman–Crippen LogP) is 0.781. The van der Waals surface area contributed by atoms with Crippen LogP contribution in [-0.2, 0) is 0 Å². The van der Waals surface area contributed by atoms with Crippen molar-refractivity contribution in [2.45, 2.75) is 0 Å². The average Bonchev–Trinajstić information content (AvgIpc) is 2.38. The Hall–Kier alpha value is -2.83. The molecule has 2 aliphatic rings. The maximum atomic E-state index is 11.9. The number of hydrogen-bond acceptors (Lipinski definition) is 6. The van der Waals surface area contributed by atoms with E-state index >= 15 is 0 Å². The first-order valence-electron chi connectivity index (χ1n) is 4.96. The summed E-state index contributed by atoms with van der Waals surface area (Å²) in [6, 6.07) is 4.57. The van der Waals surface area contributed by atoms with Crippen molar-refractivity contribution in [1.29, 1.82) is 0 Å². The van der Waals surface area contributed by atoms with Crippen LogP contribution in [0.1, 0.15) is 10.5 Å². The minimum absolute atomic E-state index is 0.0815. The van der Waals surface area contributed by atoms with E-state index in [0.717, 1.165) is 0 Å². The number of pyridine rings is 1. The summed E-state index contributed by atoms with van der Waals surface area (Å²) >= 11 is 0. The maximum absolute atomic E-state index is 11.9. The van der Waals surface area contributed by atoms with Crippen molar-refractivity contribution in [2.24, 2.45) is 0 Å². The highest BCUT2D eigenvalue weighted by atomic mass is 16.5. The Morgan fingerprint density at radius 2 is 2.22 bits per heavy atom. The predicted molar refractivity (Wildman–Crippen MR) is 59.5 cm³/mol. The van der Waals surface area contributed by atoms with Crippen LogP contribution in [0.3, 0.4) is 0 Å². The Balaban J connectivity index is 2.56. The second-order valence-electron chi connectivity index (χ2n) is 3.58. The largest absolute Gasteiger partial charge is 0.476 e. The van der Waals surface area contributed by atoms with Crippen LogP contribution in [0, 0.1) is 0 Å². The molecular formula is C11H5N3O4. The molecule has 1 aromatic heterocycles. The minimum atomic E-state index is -1.33. The van der Waals surface area contributed by atoms with E-state index in [1.54, 1.807) is 12.1 Å². The maximum Gasteiger partial charge on any atom is 0.357 e. The topological polar surface area (TPSA) is 106 Å². The summed E-state index contributed by atoms with van der Waals surface area (Å²) in [6.45, 7) is 0. The number of benzene rings is 1. The van der Waals surface area contributed by atoms with Gasteiger partial charge in [-0.2, -0.15) is 0 Å². The lowest BCUT2D eigenvalue weighted by Crippen LogP contribution is -2.15. The van der Waals surface area contributed by atoms with Crippen molar-refractivity contribution < 1.29 is 14.4 Å². The van der Waals surface area contributed by atoms with Gasteiger partial charge in [-0.3, -0.25) is 9.78 Å². The zero-order valence-corrected chi connectivity index (χ0v) is 8.82. The number of nitrogens with zero attached hydrogens (tertiary/aromatic N) is 3. The summed E-state index contributed by atoms with van der Waals surface area (Å²) in [5.74, 6) is -1.25.